The van der Waals surface area contributed by atoms with Gasteiger partial charge < -0.3 is 4.74 Å². The summed E-state index contributed by atoms with van der Waals surface area (Å²) in [6, 6.07) is 3.34. The average Bonchev–Trinajstić information content (AvgIpc) is 3.19. The molecule has 5 heteroatoms. The van der Waals surface area contributed by atoms with Gasteiger partial charge in [-0.3, -0.25) is 0 Å². The number of esters is 1. The second-order valence-electron chi connectivity index (χ2n) is 4.94. The molecule has 0 heterocycles. The van der Waals surface area contributed by atoms with E-state index in [0.717, 1.165) is 24.0 Å². The van der Waals surface area contributed by atoms with E-state index in [1.807, 2.05) is 13.0 Å². The molecular formula is C14H18O4S. The number of ether oxygens (including phenoxy) is 1. The number of benzene rings is 1. The molecule has 1 aromatic rings. The average molecular weight is 282 g/mol. The van der Waals surface area contributed by atoms with E-state index >= 15 is 0 Å². The van der Waals surface area contributed by atoms with E-state index in [-0.39, 0.29) is 4.90 Å². The Balaban J connectivity index is 2.67. The highest BCUT2D eigenvalue weighted by Crippen LogP contribution is 2.43. The molecule has 0 N–H and O–H groups in total. The summed E-state index contributed by atoms with van der Waals surface area (Å²) in [5, 5.41) is 0. The largest absolute Gasteiger partial charge is 0.465 e. The van der Waals surface area contributed by atoms with Crippen LogP contribution >= 0.6 is 0 Å². The van der Waals surface area contributed by atoms with E-state index in [2.05, 4.69) is 0 Å². The Morgan fingerprint density at radius 3 is 2.42 bits per heavy atom. The quantitative estimate of drug-likeness (QED) is 0.795. The maximum absolute atomic E-state index is 11.9. The molecule has 0 unspecified atom stereocenters. The number of hydrogen-bond acceptors (Lipinski definition) is 4. The van der Waals surface area contributed by atoms with Gasteiger partial charge in [0.1, 0.15) is 0 Å². The normalized spacial score (nSPS) is 15.3. The topological polar surface area (TPSA) is 60.4 Å². The lowest BCUT2D eigenvalue weighted by Crippen LogP contribution is -2.10. The summed E-state index contributed by atoms with van der Waals surface area (Å²) in [7, 11) is -2.03. The number of sulfone groups is 1. The predicted molar refractivity (Wildman–Crippen MR) is 72.2 cm³/mol. The molecule has 0 aliphatic heterocycles. The molecule has 0 bridgehead atoms. The van der Waals surface area contributed by atoms with Crippen molar-refractivity contribution in [1.29, 1.82) is 0 Å². The molecule has 0 atom stereocenters. The van der Waals surface area contributed by atoms with Crippen LogP contribution in [0, 0.1) is 0 Å². The monoisotopic (exact) mass is 282 g/mol. The van der Waals surface area contributed by atoms with Crippen molar-refractivity contribution in [1.82, 2.24) is 0 Å². The summed E-state index contributed by atoms with van der Waals surface area (Å²) in [4.78, 5) is 12.0. The molecule has 1 saturated carbocycles. The van der Waals surface area contributed by atoms with Crippen LogP contribution in [0.1, 0.15) is 47.2 Å². The van der Waals surface area contributed by atoms with Gasteiger partial charge in [0.05, 0.1) is 17.6 Å². The second-order valence-corrected chi connectivity index (χ2v) is 6.92. The van der Waals surface area contributed by atoms with Crippen LogP contribution in [0.25, 0.3) is 0 Å². The van der Waals surface area contributed by atoms with Crippen molar-refractivity contribution in [2.45, 2.75) is 37.0 Å². The first-order valence-electron chi connectivity index (χ1n) is 6.33. The van der Waals surface area contributed by atoms with E-state index in [1.54, 1.807) is 0 Å². The Morgan fingerprint density at radius 2 is 2.00 bits per heavy atom. The number of carbonyl (C=O) groups excluding carboxylic acids is 1. The predicted octanol–water partition coefficient (Wildman–Crippen LogP) is 2.32. The van der Waals surface area contributed by atoms with Gasteiger partial charge in [0.15, 0.2) is 9.84 Å². The Labute approximate surface area is 113 Å². The van der Waals surface area contributed by atoms with Crippen molar-refractivity contribution < 1.29 is 17.9 Å². The SMILES string of the molecule is CCc1cc(C2CC2)c(S(C)(=O)=O)cc1C(=O)OC. The minimum absolute atomic E-state index is 0.271. The maximum Gasteiger partial charge on any atom is 0.338 e. The van der Waals surface area contributed by atoms with Gasteiger partial charge >= 0.3 is 5.97 Å². The van der Waals surface area contributed by atoms with E-state index < -0.39 is 15.8 Å². The molecule has 4 nitrogen and oxygen atoms in total. The Kier molecular flexibility index (Phi) is 3.67. The lowest BCUT2D eigenvalue weighted by Gasteiger charge is -2.13. The van der Waals surface area contributed by atoms with Crippen LogP contribution in [0.2, 0.25) is 0 Å². The fourth-order valence-electron chi connectivity index (χ4n) is 2.27. The molecule has 0 saturated heterocycles. The maximum atomic E-state index is 11.9. The number of aryl methyl sites for hydroxylation is 1. The van der Waals surface area contributed by atoms with Crippen LogP contribution in [0.3, 0.4) is 0 Å². The molecule has 1 aliphatic carbocycles. The van der Waals surface area contributed by atoms with Crippen molar-refractivity contribution in [2.24, 2.45) is 0 Å². The Hall–Kier alpha value is -1.36. The smallest absolute Gasteiger partial charge is 0.338 e. The van der Waals surface area contributed by atoms with Crippen LogP contribution in [0.15, 0.2) is 17.0 Å². The van der Waals surface area contributed by atoms with Gasteiger partial charge in [-0.1, -0.05) is 13.0 Å². The Morgan fingerprint density at radius 1 is 1.37 bits per heavy atom. The zero-order valence-electron chi connectivity index (χ0n) is 11.4. The van der Waals surface area contributed by atoms with E-state index in [9.17, 15) is 13.2 Å². The van der Waals surface area contributed by atoms with Gasteiger partial charge in [0.25, 0.3) is 0 Å². The summed E-state index contributed by atoms with van der Waals surface area (Å²) < 4.78 is 28.5. The van der Waals surface area contributed by atoms with Crippen molar-refractivity contribution in [2.75, 3.05) is 13.4 Å². The molecule has 0 spiro atoms. The van der Waals surface area contributed by atoms with Crippen molar-refractivity contribution >= 4 is 15.8 Å². The summed E-state index contributed by atoms with van der Waals surface area (Å²) in [6.45, 7) is 1.94. The summed E-state index contributed by atoms with van der Waals surface area (Å²) in [5.74, 6) is -0.161. The fourth-order valence-corrected chi connectivity index (χ4v) is 3.26. The first kappa shape index (κ1) is 14.1. The highest BCUT2D eigenvalue weighted by Gasteiger charge is 2.30. The zero-order chi connectivity index (χ0) is 14.2. The van der Waals surface area contributed by atoms with Gasteiger partial charge in [0.2, 0.25) is 0 Å². The Bertz CT molecular complexity index is 613. The molecular weight excluding hydrogens is 264 g/mol. The first-order chi connectivity index (χ1) is 8.88. The summed E-state index contributed by atoms with van der Waals surface area (Å²) >= 11 is 0. The lowest BCUT2D eigenvalue weighted by atomic mass is 9.99. The number of methoxy groups -OCH3 is 1. The van der Waals surface area contributed by atoms with Gasteiger partial charge in [-0.15, -0.1) is 0 Å². The first-order valence-corrected chi connectivity index (χ1v) is 8.22. The summed E-state index contributed by atoms with van der Waals surface area (Å²) in [5.41, 5.74) is 2.06. The van der Waals surface area contributed by atoms with Crippen molar-refractivity contribution in [3.8, 4) is 0 Å². The molecule has 104 valence electrons. The third-order valence-corrected chi connectivity index (χ3v) is 4.59. The van der Waals surface area contributed by atoms with Crippen LogP contribution in [0.4, 0.5) is 0 Å². The molecule has 0 aromatic heterocycles. The van der Waals surface area contributed by atoms with E-state index in [1.165, 1.54) is 19.4 Å². The highest BCUT2D eigenvalue weighted by atomic mass is 32.2. The molecule has 19 heavy (non-hydrogen) atoms. The minimum Gasteiger partial charge on any atom is -0.465 e. The molecule has 0 radical (unpaired) electrons. The van der Waals surface area contributed by atoms with E-state index in [4.69, 9.17) is 4.74 Å². The molecule has 1 fully saturated rings. The molecule has 1 aromatic carbocycles. The second kappa shape index (κ2) is 4.96. The number of carbonyl (C=O) groups is 1. The number of rotatable bonds is 4. The third-order valence-electron chi connectivity index (χ3n) is 3.44. The minimum atomic E-state index is -3.34. The van der Waals surface area contributed by atoms with Crippen molar-refractivity contribution in [3.05, 3.63) is 28.8 Å². The van der Waals surface area contributed by atoms with Crippen LogP contribution in [0.5, 0.6) is 0 Å². The zero-order valence-corrected chi connectivity index (χ0v) is 12.2. The third kappa shape index (κ3) is 2.81. The van der Waals surface area contributed by atoms with Gasteiger partial charge in [-0.2, -0.15) is 0 Å². The molecule has 1 aliphatic rings. The molecule has 2 rings (SSSR count). The van der Waals surface area contributed by atoms with Gasteiger partial charge in [-0.25, -0.2) is 13.2 Å². The highest BCUT2D eigenvalue weighted by molar-refractivity contribution is 7.90. The number of hydrogen-bond donors (Lipinski definition) is 0. The standard InChI is InChI=1S/C14H18O4S/c1-4-9-7-11(10-5-6-10)13(19(3,16)17)8-12(9)14(15)18-2/h7-8,10H,4-6H2,1-3H3. The fraction of sp³-hybridized carbons (Fsp3) is 0.500. The van der Waals surface area contributed by atoms with Crippen LogP contribution in [-0.2, 0) is 21.0 Å². The van der Waals surface area contributed by atoms with Crippen LogP contribution < -0.4 is 0 Å². The van der Waals surface area contributed by atoms with Crippen LogP contribution in [-0.4, -0.2) is 27.8 Å². The van der Waals surface area contributed by atoms with E-state index in [0.29, 0.717) is 17.9 Å². The molecule has 0 amide bonds. The van der Waals surface area contributed by atoms with Crippen molar-refractivity contribution in [3.63, 3.8) is 0 Å². The van der Waals surface area contributed by atoms with Gasteiger partial charge in [0, 0.05) is 6.26 Å². The summed E-state index contributed by atoms with van der Waals surface area (Å²) in [6.07, 6.45) is 3.89. The van der Waals surface area contributed by atoms with Gasteiger partial charge in [-0.05, 0) is 42.4 Å². The lowest BCUT2D eigenvalue weighted by molar-refractivity contribution is 0.0599.